The first kappa shape index (κ1) is 15.6. The topological polar surface area (TPSA) is 37.3 Å². The number of piperidine rings is 1. The highest BCUT2D eigenvalue weighted by atomic mass is 79.9. The maximum atomic E-state index is 12.5. The molecule has 2 heterocycles. The molecular weight excluding hydrogens is 318 g/mol. The number of amides is 1. The third kappa shape index (κ3) is 3.26. The number of rotatable bonds is 3. The second kappa shape index (κ2) is 6.31. The molecule has 1 aliphatic heterocycles. The minimum absolute atomic E-state index is 0.0231. The van der Waals surface area contributed by atoms with E-state index in [-0.39, 0.29) is 11.9 Å². The molecule has 0 bridgehead atoms. The Bertz CT molecular complexity index is 473. The Hall–Kier alpha value is -0.810. The predicted octanol–water partition coefficient (Wildman–Crippen LogP) is 3.74. The molecule has 1 saturated heterocycles. The number of hydrazine groups is 1. The van der Waals surface area contributed by atoms with Crippen LogP contribution in [0.4, 0.5) is 0 Å². The largest absolute Gasteiger partial charge is 0.340 e. The van der Waals surface area contributed by atoms with Gasteiger partial charge in [-0.05, 0) is 62.5 Å². The normalized spacial score (nSPS) is 24.1. The first-order valence-corrected chi connectivity index (χ1v) is 8.16. The molecule has 0 saturated carbocycles. The number of carbonyl (C=O) groups excluding carboxylic acids is 1. The van der Waals surface area contributed by atoms with E-state index in [1.165, 1.54) is 6.42 Å². The van der Waals surface area contributed by atoms with Gasteiger partial charge in [-0.25, -0.2) is 5.01 Å². The number of carbonyl (C=O) groups is 1. The lowest BCUT2D eigenvalue weighted by atomic mass is 10.00. The van der Waals surface area contributed by atoms with Crippen LogP contribution in [-0.4, -0.2) is 27.6 Å². The van der Waals surface area contributed by atoms with E-state index >= 15 is 0 Å². The fourth-order valence-electron chi connectivity index (χ4n) is 2.87. The van der Waals surface area contributed by atoms with Crippen LogP contribution < -0.4 is 5.43 Å². The van der Waals surface area contributed by atoms with E-state index in [1.54, 1.807) is 0 Å². The Kier molecular flexibility index (Phi) is 4.91. The minimum Gasteiger partial charge on any atom is -0.340 e. The predicted molar refractivity (Wildman–Crippen MR) is 84.6 cm³/mol. The van der Waals surface area contributed by atoms with Crippen LogP contribution in [0.2, 0.25) is 0 Å². The molecular formula is C15H24BrN3O. The smallest absolute Gasteiger partial charge is 0.282 e. The lowest BCUT2D eigenvalue weighted by molar-refractivity contribution is 0.0362. The van der Waals surface area contributed by atoms with E-state index in [0.717, 1.165) is 17.3 Å². The van der Waals surface area contributed by atoms with Crippen LogP contribution >= 0.6 is 15.9 Å². The van der Waals surface area contributed by atoms with Gasteiger partial charge < -0.3 is 4.57 Å². The van der Waals surface area contributed by atoms with Crippen molar-refractivity contribution in [2.24, 2.45) is 0 Å². The van der Waals surface area contributed by atoms with E-state index < -0.39 is 0 Å². The number of hydrogen-bond acceptors (Lipinski definition) is 2. The van der Waals surface area contributed by atoms with Gasteiger partial charge in [0, 0.05) is 28.8 Å². The van der Waals surface area contributed by atoms with Crippen molar-refractivity contribution in [1.82, 2.24) is 15.0 Å². The van der Waals surface area contributed by atoms with Crippen molar-refractivity contribution in [3.63, 3.8) is 0 Å². The van der Waals surface area contributed by atoms with Crippen LogP contribution in [0.5, 0.6) is 0 Å². The molecule has 2 atom stereocenters. The number of nitrogens with zero attached hydrogens (tertiary/aromatic N) is 2. The molecule has 1 amide bonds. The second-order valence-electron chi connectivity index (χ2n) is 6.02. The average molecular weight is 342 g/mol. The average Bonchev–Trinajstić information content (AvgIpc) is 2.76. The lowest BCUT2D eigenvalue weighted by Gasteiger charge is -2.38. The zero-order valence-electron chi connectivity index (χ0n) is 12.7. The number of aromatic nitrogens is 1. The molecule has 1 aromatic heterocycles. The van der Waals surface area contributed by atoms with Gasteiger partial charge in [0.1, 0.15) is 5.69 Å². The molecule has 4 nitrogen and oxygen atoms in total. The van der Waals surface area contributed by atoms with Gasteiger partial charge in [-0.15, -0.1) is 0 Å². The van der Waals surface area contributed by atoms with E-state index in [0.29, 0.717) is 17.8 Å². The molecule has 1 aromatic rings. The third-order valence-corrected chi connectivity index (χ3v) is 4.46. The summed E-state index contributed by atoms with van der Waals surface area (Å²) in [5, 5.41) is 2.11. The highest BCUT2D eigenvalue weighted by molar-refractivity contribution is 9.10. The Labute approximate surface area is 129 Å². The van der Waals surface area contributed by atoms with Crippen molar-refractivity contribution in [2.45, 2.75) is 65.1 Å². The third-order valence-electron chi connectivity index (χ3n) is 4.03. The fraction of sp³-hybridized carbons (Fsp3) is 0.667. The van der Waals surface area contributed by atoms with Crippen molar-refractivity contribution >= 4 is 21.8 Å². The number of hydrogen-bond donors (Lipinski definition) is 1. The van der Waals surface area contributed by atoms with Crippen LogP contribution in [0.3, 0.4) is 0 Å². The van der Waals surface area contributed by atoms with E-state index in [4.69, 9.17) is 0 Å². The summed E-state index contributed by atoms with van der Waals surface area (Å²) in [6, 6.07) is 2.94. The Morgan fingerprint density at radius 3 is 2.50 bits per heavy atom. The fourth-order valence-corrected chi connectivity index (χ4v) is 3.31. The summed E-state index contributed by atoms with van der Waals surface area (Å²) >= 11 is 3.45. The van der Waals surface area contributed by atoms with E-state index in [2.05, 4.69) is 54.1 Å². The highest BCUT2D eigenvalue weighted by Crippen LogP contribution is 2.22. The number of nitrogens with one attached hydrogen (secondary N) is 1. The van der Waals surface area contributed by atoms with Gasteiger partial charge in [0.25, 0.3) is 5.91 Å². The summed E-state index contributed by atoms with van der Waals surface area (Å²) in [5.41, 5.74) is 3.80. The van der Waals surface area contributed by atoms with Crippen molar-refractivity contribution in [1.29, 1.82) is 0 Å². The van der Waals surface area contributed by atoms with Gasteiger partial charge in [0.15, 0.2) is 0 Å². The van der Waals surface area contributed by atoms with Crippen molar-refractivity contribution in [3.05, 3.63) is 22.4 Å². The Morgan fingerprint density at radius 1 is 1.35 bits per heavy atom. The van der Waals surface area contributed by atoms with Crippen LogP contribution in [-0.2, 0) is 0 Å². The SMILES string of the molecule is CC1CCCC(C)N1NC(=O)c1cc(Br)cn1C(C)C. The van der Waals surface area contributed by atoms with Gasteiger partial charge in [-0.3, -0.25) is 10.2 Å². The maximum Gasteiger partial charge on any atom is 0.282 e. The highest BCUT2D eigenvalue weighted by Gasteiger charge is 2.27. The zero-order valence-corrected chi connectivity index (χ0v) is 14.3. The lowest BCUT2D eigenvalue weighted by Crippen LogP contribution is -2.54. The summed E-state index contributed by atoms with van der Waals surface area (Å²) in [6.45, 7) is 8.51. The number of halogens is 1. The van der Waals surface area contributed by atoms with E-state index in [9.17, 15) is 4.79 Å². The summed E-state index contributed by atoms with van der Waals surface area (Å²) in [6.07, 6.45) is 5.48. The quantitative estimate of drug-likeness (QED) is 0.909. The molecule has 0 spiro atoms. The molecule has 2 unspecified atom stereocenters. The summed E-state index contributed by atoms with van der Waals surface area (Å²) in [4.78, 5) is 12.5. The van der Waals surface area contributed by atoms with Crippen LogP contribution in [0, 0.1) is 0 Å². The summed E-state index contributed by atoms with van der Waals surface area (Å²) in [5.74, 6) is -0.0231. The van der Waals surface area contributed by atoms with Gasteiger partial charge in [0.05, 0.1) is 0 Å². The second-order valence-corrected chi connectivity index (χ2v) is 6.94. The molecule has 1 N–H and O–H groups in total. The minimum atomic E-state index is -0.0231. The molecule has 20 heavy (non-hydrogen) atoms. The molecule has 2 rings (SSSR count). The summed E-state index contributed by atoms with van der Waals surface area (Å²) < 4.78 is 2.94. The molecule has 1 fully saturated rings. The molecule has 1 aliphatic rings. The van der Waals surface area contributed by atoms with Crippen LogP contribution in [0.15, 0.2) is 16.7 Å². The van der Waals surface area contributed by atoms with Gasteiger partial charge in [-0.2, -0.15) is 0 Å². The van der Waals surface area contributed by atoms with Crippen molar-refractivity contribution < 1.29 is 4.79 Å². The first-order valence-electron chi connectivity index (χ1n) is 7.37. The van der Waals surface area contributed by atoms with Crippen LogP contribution in [0.1, 0.15) is 63.5 Å². The zero-order chi connectivity index (χ0) is 14.9. The van der Waals surface area contributed by atoms with E-state index in [1.807, 2.05) is 16.8 Å². The maximum absolute atomic E-state index is 12.5. The van der Waals surface area contributed by atoms with Crippen molar-refractivity contribution in [2.75, 3.05) is 0 Å². The standard InChI is InChI=1S/C15H24BrN3O/c1-10(2)18-9-13(16)8-14(18)15(20)17-19-11(3)6-5-7-12(19)4/h8-12H,5-7H2,1-4H3,(H,17,20). The summed E-state index contributed by atoms with van der Waals surface area (Å²) in [7, 11) is 0. The Balaban J connectivity index is 2.15. The van der Waals surface area contributed by atoms with Gasteiger partial charge >= 0.3 is 0 Å². The van der Waals surface area contributed by atoms with Crippen LogP contribution in [0.25, 0.3) is 0 Å². The van der Waals surface area contributed by atoms with Gasteiger partial charge in [0.2, 0.25) is 0 Å². The molecule has 5 heteroatoms. The first-order chi connectivity index (χ1) is 9.40. The van der Waals surface area contributed by atoms with Crippen molar-refractivity contribution in [3.8, 4) is 0 Å². The monoisotopic (exact) mass is 341 g/mol. The Morgan fingerprint density at radius 2 is 1.95 bits per heavy atom. The molecule has 0 aliphatic carbocycles. The molecule has 0 aromatic carbocycles. The molecule has 112 valence electrons. The molecule has 0 radical (unpaired) electrons. The van der Waals surface area contributed by atoms with Gasteiger partial charge in [-0.1, -0.05) is 6.42 Å².